The highest BCUT2D eigenvalue weighted by Crippen LogP contribution is 2.13. The van der Waals surface area contributed by atoms with Crippen LogP contribution in [0.4, 0.5) is 10.5 Å². The van der Waals surface area contributed by atoms with E-state index < -0.39 is 11.7 Å². The van der Waals surface area contributed by atoms with Crippen molar-refractivity contribution in [2.75, 3.05) is 12.3 Å². The molecular formula is C13H19N3O3. The van der Waals surface area contributed by atoms with Gasteiger partial charge in [0.15, 0.2) is 6.29 Å². The lowest BCUT2D eigenvalue weighted by Crippen LogP contribution is -2.33. The van der Waals surface area contributed by atoms with Crippen LogP contribution in [0.2, 0.25) is 0 Å². The first kappa shape index (κ1) is 14.9. The van der Waals surface area contributed by atoms with Crippen molar-refractivity contribution < 1.29 is 14.3 Å². The number of nitrogens with two attached hydrogens (primary N) is 1. The first-order valence-corrected chi connectivity index (χ1v) is 5.99. The standard InChI is InChI=1S/C13H19N3O3/c1-13(2,3)19-12(18)16-7-5-10-11(14)9(8-17)4-6-15-10/h4,6,8H,5,7,14H2,1-3H3,(H,16,18). The zero-order valence-electron chi connectivity index (χ0n) is 11.4. The highest BCUT2D eigenvalue weighted by molar-refractivity contribution is 5.83. The van der Waals surface area contributed by atoms with Gasteiger partial charge in [0.05, 0.1) is 11.4 Å². The topological polar surface area (TPSA) is 94.3 Å². The maximum Gasteiger partial charge on any atom is 0.407 e. The number of ether oxygens (including phenoxy) is 1. The first-order valence-electron chi connectivity index (χ1n) is 5.99. The van der Waals surface area contributed by atoms with Crippen molar-refractivity contribution in [2.45, 2.75) is 32.8 Å². The van der Waals surface area contributed by atoms with Crippen molar-refractivity contribution in [3.05, 3.63) is 23.5 Å². The van der Waals surface area contributed by atoms with Crippen LogP contribution in [0.1, 0.15) is 36.8 Å². The maximum atomic E-state index is 11.4. The predicted octanol–water partition coefficient (Wildman–Crippen LogP) is 1.54. The van der Waals surface area contributed by atoms with Gasteiger partial charge in [-0.15, -0.1) is 0 Å². The molecule has 1 aromatic rings. The van der Waals surface area contributed by atoms with Crippen molar-refractivity contribution in [1.29, 1.82) is 0 Å². The second-order valence-electron chi connectivity index (χ2n) is 5.06. The molecule has 0 radical (unpaired) electrons. The number of pyridine rings is 1. The molecule has 0 spiro atoms. The normalized spacial score (nSPS) is 10.9. The van der Waals surface area contributed by atoms with E-state index in [1.54, 1.807) is 26.8 Å². The van der Waals surface area contributed by atoms with Crippen LogP contribution in [-0.2, 0) is 11.2 Å². The summed E-state index contributed by atoms with van der Waals surface area (Å²) in [7, 11) is 0. The highest BCUT2D eigenvalue weighted by Gasteiger charge is 2.15. The van der Waals surface area contributed by atoms with Gasteiger partial charge in [0.1, 0.15) is 5.60 Å². The van der Waals surface area contributed by atoms with Gasteiger partial charge < -0.3 is 15.8 Å². The molecule has 0 aliphatic heterocycles. The van der Waals surface area contributed by atoms with Crippen molar-refractivity contribution in [1.82, 2.24) is 10.3 Å². The van der Waals surface area contributed by atoms with Gasteiger partial charge in [-0.05, 0) is 26.8 Å². The fraction of sp³-hybridized carbons (Fsp3) is 0.462. The van der Waals surface area contributed by atoms with Crippen molar-refractivity contribution in [2.24, 2.45) is 0 Å². The SMILES string of the molecule is CC(C)(C)OC(=O)NCCc1nccc(C=O)c1N. The summed E-state index contributed by atoms with van der Waals surface area (Å²) < 4.78 is 5.09. The van der Waals surface area contributed by atoms with Gasteiger partial charge in [-0.2, -0.15) is 0 Å². The van der Waals surface area contributed by atoms with Crippen LogP contribution in [-0.4, -0.2) is 29.5 Å². The van der Waals surface area contributed by atoms with Gasteiger partial charge in [0, 0.05) is 24.7 Å². The Bertz CT molecular complexity index is 467. The highest BCUT2D eigenvalue weighted by atomic mass is 16.6. The molecule has 0 aromatic carbocycles. The van der Waals surface area contributed by atoms with Crippen LogP contribution in [0.15, 0.2) is 12.3 Å². The molecule has 0 aliphatic rings. The number of nitrogen functional groups attached to an aromatic ring is 1. The van der Waals surface area contributed by atoms with Gasteiger partial charge in [-0.3, -0.25) is 9.78 Å². The van der Waals surface area contributed by atoms with Gasteiger partial charge >= 0.3 is 6.09 Å². The number of hydrogen-bond donors (Lipinski definition) is 2. The minimum atomic E-state index is -0.529. The third kappa shape index (κ3) is 4.95. The Balaban J connectivity index is 2.50. The van der Waals surface area contributed by atoms with E-state index in [1.165, 1.54) is 6.20 Å². The number of aromatic nitrogens is 1. The molecule has 3 N–H and O–H groups in total. The Hall–Kier alpha value is -2.11. The fourth-order valence-corrected chi connectivity index (χ4v) is 1.43. The van der Waals surface area contributed by atoms with E-state index in [4.69, 9.17) is 10.5 Å². The molecule has 0 aliphatic carbocycles. The third-order valence-electron chi connectivity index (χ3n) is 2.26. The summed E-state index contributed by atoms with van der Waals surface area (Å²) in [5.74, 6) is 0. The molecule has 0 saturated carbocycles. The van der Waals surface area contributed by atoms with Crippen LogP contribution in [0.3, 0.4) is 0 Å². The lowest BCUT2D eigenvalue weighted by molar-refractivity contribution is 0.0528. The summed E-state index contributed by atoms with van der Waals surface area (Å²) in [6.07, 6.45) is 2.15. The van der Waals surface area contributed by atoms with Gasteiger partial charge in [0.25, 0.3) is 0 Å². The zero-order valence-corrected chi connectivity index (χ0v) is 11.4. The summed E-state index contributed by atoms with van der Waals surface area (Å²) in [5, 5.41) is 2.61. The van der Waals surface area contributed by atoms with Crippen LogP contribution in [0, 0.1) is 0 Å². The molecule has 0 bridgehead atoms. The molecule has 0 atom stereocenters. The van der Waals surface area contributed by atoms with Crippen LogP contribution in [0.5, 0.6) is 0 Å². The lowest BCUT2D eigenvalue weighted by atomic mass is 10.1. The number of hydrogen-bond acceptors (Lipinski definition) is 5. The van der Waals surface area contributed by atoms with Crippen molar-refractivity contribution in [3.8, 4) is 0 Å². The van der Waals surface area contributed by atoms with E-state index in [-0.39, 0.29) is 0 Å². The fourth-order valence-electron chi connectivity index (χ4n) is 1.43. The number of alkyl carbamates (subject to hydrolysis) is 1. The average molecular weight is 265 g/mol. The van der Waals surface area contributed by atoms with Gasteiger partial charge in [-0.25, -0.2) is 4.79 Å². The Kier molecular flexibility index (Phi) is 4.86. The monoisotopic (exact) mass is 265 g/mol. The molecule has 0 unspecified atom stereocenters. The van der Waals surface area contributed by atoms with Crippen LogP contribution in [0.25, 0.3) is 0 Å². The molecule has 1 rings (SSSR count). The van der Waals surface area contributed by atoms with Crippen LogP contribution < -0.4 is 11.1 Å². The zero-order chi connectivity index (χ0) is 14.5. The minimum absolute atomic E-state index is 0.342. The molecule has 0 fully saturated rings. The van der Waals surface area contributed by atoms with Crippen molar-refractivity contribution in [3.63, 3.8) is 0 Å². The van der Waals surface area contributed by atoms with E-state index in [0.29, 0.717) is 36.2 Å². The Morgan fingerprint density at radius 1 is 1.53 bits per heavy atom. The molecule has 1 heterocycles. The predicted molar refractivity (Wildman–Crippen MR) is 72.0 cm³/mol. The number of carbonyl (C=O) groups excluding carboxylic acids is 2. The maximum absolute atomic E-state index is 11.4. The van der Waals surface area contributed by atoms with E-state index in [1.807, 2.05) is 0 Å². The second-order valence-corrected chi connectivity index (χ2v) is 5.06. The number of carbonyl (C=O) groups is 2. The molecule has 6 heteroatoms. The van der Waals surface area contributed by atoms with E-state index in [9.17, 15) is 9.59 Å². The summed E-state index contributed by atoms with van der Waals surface area (Å²) in [5.41, 5.74) is 6.59. The molecule has 6 nitrogen and oxygen atoms in total. The number of amides is 1. The summed E-state index contributed by atoms with van der Waals surface area (Å²) in [4.78, 5) is 26.2. The molecule has 19 heavy (non-hydrogen) atoms. The Labute approximate surface area is 112 Å². The van der Waals surface area contributed by atoms with Gasteiger partial charge in [-0.1, -0.05) is 0 Å². The van der Waals surface area contributed by atoms with E-state index >= 15 is 0 Å². The number of nitrogens with one attached hydrogen (secondary N) is 1. The second kappa shape index (κ2) is 6.17. The first-order chi connectivity index (χ1) is 8.83. The molecule has 1 aromatic heterocycles. The number of aldehydes is 1. The van der Waals surface area contributed by atoms with E-state index in [2.05, 4.69) is 10.3 Å². The van der Waals surface area contributed by atoms with Crippen LogP contribution >= 0.6 is 0 Å². The number of nitrogens with zero attached hydrogens (tertiary/aromatic N) is 1. The summed E-state index contributed by atoms with van der Waals surface area (Å²) in [6.45, 7) is 5.72. The molecule has 104 valence electrons. The number of rotatable bonds is 4. The van der Waals surface area contributed by atoms with Crippen molar-refractivity contribution >= 4 is 18.1 Å². The smallest absolute Gasteiger partial charge is 0.407 e. The number of anilines is 1. The quantitative estimate of drug-likeness (QED) is 0.805. The van der Waals surface area contributed by atoms with Gasteiger partial charge in [0.2, 0.25) is 0 Å². The Morgan fingerprint density at radius 2 is 2.21 bits per heavy atom. The average Bonchev–Trinajstić information content (AvgIpc) is 2.29. The van der Waals surface area contributed by atoms with E-state index in [0.717, 1.165) is 0 Å². The lowest BCUT2D eigenvalue weighted by Gasteiger charge is -2.19. The molecule has 0 saturated heterocycles. The summed E-state index contributed by atoms with van der Waals surface area (Å²) >= 11 is 0. The minimum Gasteiger partial charge on any atom is -0.444 e. The molecular weight excluding hydrogens is 246 g/mol. The largest absolute Gasteiger partial charge is 0.444 e. The Morgan fingerprint density at radius 3 is 2.79 bits per heavy atom. The summed E-state index contributed by atoms with van der Waals surface area (Å²) in [6, 6.07) is 1.55. The molecule has 1 amide bonds. The third-order valence-corrected chi connectivity index (χ3v) is 2.26.